The molecule has 0 fully saturated rings. The fourth-order valence-corrected chi connectivity index (χ4v) is 2.81. The second-order valence-electron chi connectivity index (χ2n) is 3.80. The van der Waals surface area contributed by atoms with Crippen LogP contribution >= 0.6 is 27.3 Å². The molecule has 0 amide bonds. The minimum atomic E-state index is -0.565. The zero-order valence-electron chi connectivity index (χ0n) is 9.91. The summed E-state index contributed by atoms with van der Waals surface area (Å²) in [4.78, 5) is 19.7. The van der Waals surface area contributed by atoms with E-state index in [4.69, 9.17) is 5.73 Å². The summed E-state index contributed by atoms with van der Waals surface area (Å²) in [6.07, 6.45) is 1.22. The lowest BCUT2D eigenvalue weighted by molar-refractivity contribution is -0.383. The van der Waals surface area contributed by atoms with E-state index in [1.807, 2.05) is 11.4 Å². The first kappa shape index (κ1) is 13.7. The summed E-state index contributed by atoms with van der Waals surface area (Å²) in [5.41, 5.74) is 6.30. The smallest absolute Gasteiger partial charge is 0.353 e. The molecule has 0 bridgehead atoms. The van der Waals surface area contributed by atoms with Crippen molar-refractivity contribution in [2.45, 2.75) is 6.54 Å². The number of anilines is 2. The number of nitrogens with two attached hydrogens (primary N) is 1. The van der Waals surface area contributed by atoms with Crippen molar-refractivity contribution in [3.8, 4) is 0 Å². The van der Waals surface area contributed by atoms with Crippen LogP contribution in [-0.4, -0.2) is 21.9 Å². The van der Waals surface area contributed by atoms with Gasteiger partial charge in [0.15, 0.2) is 0 Å². The first-order valence-corrected chi connectivity index (χ1v) is 6.85. The Morgan fingerprint density at radius 1 is 1.58 bits per heavy atom. The minimum Gasteiger partial charge on any atom is -0.378 e. The molecular weight excluding hydrogens is 334 g/mol. The van der Waals surface area contributed by atoms with E-state index in [1.165, 1.54) is 6.33 Å². The number of rotatable bonds is 4. The number of nitro groups is 1. The third kappa shape index (κ3) is 2.99. The van der Waals surface area contributed by atoms with Crippen molar-refractivity contribution in [3.63, 3.8) is 0 Å². The van der Waals surface area contributed by atoms with Crippen molar-refractivity contribution >= 4 is 44.6 Å². The van der Waals surface area contributed by atoms with E-state index in [1.54, 1.807) is 23.3 Å². The Bertz CT molecular complexity index is 618. The van der Waals surface area contributed by atoms with E-state index < -0.39 is 4.92 Å². The number of nitrogens with zero attached hydrogens (tertiary/aromatic N) is 4. The highest BCUT2D eigenvalue weighted by molar-refractivity contribution is 9.11. The quantitative estimate of drug-likeness (QED) is 0.676. The highest BCUT2D eigenvalue weighted by atomic mass is 79.9. The van der Waals surface area contributed by atoms with Crippen molar-refractivity contribution < 1.29 is 4.92 Å². The summed E-state index contributed by atoms with van der Waals surface area (Å²) in [7, 11) is 1.72. The van der Waals surface area contributed by atoms with Gasteiger partial charge in [-0.05, 0) is 32.9 Å². The second kappa shape index (κ2) is 5.49. The van der Waals surface area contributed by atoms with Gasteiger partial charge in [-0.3, -0.25) is 10.1 Å². The van der Waals surface area contributed by atoms with Crippen LogP contribution in [-0.2, 0) is 6.54 Å². The van der Waals surface area contributed by atoms with Crippen molar-refractivity contribution in [1.29, 1.82) is 0 Å². The Morgan fingerprint density at radius 3 is 2.89 bits per heavy atom. The first-order valence-electron chi connectivity index (χ1n) is 5.18. The molecule has 0 spiro atoms. The minimum absolute atomic E-state index is 0.131. The van der Waals surface area contributed by atoms with Crippen LogP contribution in [0.15, 0.2) is 21.6 Å². The summed E-state index contributed by atoms with van der Waals surface area (Å²) in [6, 6.07) is 1.96. The molecule has 2 rings (SSSR count). The van der Waals surface area contributed by atoms with E-state index in [2.05, 4.69) is 25.9 Å². The molecule has 0 saturated heterocycles. The molecule has 2 aromatic heterocycles. The second-order valence-corrected chi connectivity index (χ2v) is 6.09. The van der Waals surface area contributed by atoms with Crippen molar-refractivity contribution in [2.75, 3.05) is 17.7 Å². The van der Waals surface area contributed by atoms with Gasteiger partial charge >= 0.3 is 5.69 Å². The molecular formula is C10H10BrN5O2S. The average molecular weight is 344 g/mol. The molecule has 2 aromatic rings. The molecule has 0 aromatic carbocycles. The number of hydrogen-bond acceptors (Lipinski definition) is 7. The van der Waals surface area contributed by atoms with E-state index >= 15 is 0 Å². The molecule has 100 valence electrons. The maximum atomic E-state index is 11.0. The van der Waals surface area contributed by atoms with Gasteiger partial charge < -0.3 is 10.6 Å². The highest BCUT2D eigenvalue weighted by Crippen LogP contribution is 2.30. The standard InChI is InChI=1S/C10H10BrN5O2S/c1-15(3-6-2-7(11)19-4-6)10-8(16(17)18)9(12)13-5-14-10/h2,4-5H,3H2,1H3,(H2,12,13,14). The summed E-state index contributed by atoms with van der Waals surface area (Å²) in [6.45, 7) is 0.499. The van der Waals surface area contributed by atoms with Crippen LogP contribution in [0, 0.1) is 10.1 Å². The largest absolute Gasteiger partial charge is 0.378 e. The van der Waals surface area contributed by atoms with Gasteiger partial charge in [-0.1, -0.05) is 0 Å². The van der Waals surface area contributed by atoms with E-state index in [-0.39, 0.29) is 17.3 Å². The molecule has 2 heterocycles. The molecule has 0 aliphatic carbocycles. The van der Waals surface area contributed by atoms with Crippen molar-refractivity contribution in [2.24, 2.45) is 0 Å². The van der Waals surface area contributed by atoms with Crippen LogP contribution in [0.1, 0.15) is 5.56 Å². The van der Waals surface area contributed by atoms with Crippen LogP contribution in [0.5, 0.6) is 0 Å². The molecule has 0 unspecified atom stereocenters. The zero-order valence-corrected chi connectivity index (χ0v) is 12.3. The Morgan fingerprint density at radius 2 is 2.32 bits per heavy atom. The van der Waals surface area contributed by atoms with E-state index in [9.17, 15) is 10.1 Å². The van der Waals surface area contributed by atoms with Crippen molar-refractivity contribution in [3.05, 3.63) is 37.2 Å². The molecule has 0 radical (unpaired) electrons. The van der Waals surface area contributed by atoms with Crippen LogP contribution in [0.2, 0.25) is 0 Å². The van der Waals surface area contributed by atoms with Crippen LogP contribution in [0.3, 0.4) is 0 Å². The zero-order chi connectivity index (χ0) is 14.0. The van der Waals surface area contributed by atoms with Gasteiger partial charge in [0.1, 0.15) is 6.33 Å². The number of hydrogen-bond donors (Lipinski definition) is 1. The van der Waals surface area contributed by atoms with Gasteiger partial charge in [0.2, 0.25) is 11.6 Å². The maximum Gasteiger partial charge on any atom is 0.353 e. The van der Waals surface area contributed by atoms with Crippen molar-refractivity contribution in [1.82, 2.24) is 9.97 Å². The lowest BCUT2D eigenvalue weighted by atomic mass is 10.3. The maximum absolute atomic E-state index is 11.0. The Labute approximate surface area is 121 Å². The highest BCUT2D eigenvalue weighted by Gasteiger charge is 2.23. The van der Waals surface area contributed by atoms with Crippen LogP contribution in [0.25, 0.3) is 0 Å². The normalized spacial score (nSPS) is 10.4. The van der Waals surface area contributed by atoms with Gasteiger partial charge in [-0.25, -0.2) is 9.97 Å². The fraction of sp³-hybridized carbons (Fsp3) is 0.200. The Kier molecular flexibility index (Phi) is 3.96. The molecule has 7 nitrogen and oxygen atoms in total. The summed E-state index contributed by atoms with van der Waals surface area (Å²) < 4.78 is 1.01. The lowest BCUT2D eigenvalue weighted by Gasteiger charge is -2.17. The third-order valence-electron chi connectivity index (χ3n) is 2.42. The molecule has 9 heteroatoms. The van der Waals surface area contributed by atoms with Gasteiger partial charge in [0.05, 0.1) is 8.71 Å². The summed E-state index contributed by atoms with van der Waals surface area (Å²) in [5.74, 6) is 0.0770. The Hall–Kier alpha value is -1.74. The number of nitrogen functional groups attached to an aromatic ring is 1. The van der Waals surface area contributed by atoms with E-state index in [0.29, 0.717) is 6.54 Å². The number of thiophene rings is 1. The summed E-state index contributed by atoms with van der Waals surface area (Å²) >= 11 is 4.93. The van der Waals surface area contributed by atoms with Gasteiger partial charge in [-0.15, -0.1) is 11.3 Å². The third-order valence-corrected chi connectivity index (χ3v) is 3.97. The predicted molar refractivity (Wildman–Crippen MR) is 77.2 cm³/mol. The SMILES string of the molecule is CN(Cc1csc(Br)c1)c1ncnc(N)c1[N+](=O)[O-]. The molecule has 2 N–H and O–H groups in total. The van der Waals surface area contributed by atoms with E-state index in [0.717, 1.165) is 9.35 Å². The molecule has 0 aliphatic rings. The molecule has 0 saturated carbocycles. The van der Waals surface area contributed by atoms with Gasteiger partial charge in [0.25, 0.3) is 0 Å². The number of halogens is 1. The summed E-state index contributed by atoms with van der Waals surface area (Å²) in [5, 5.41) is 13.0. The fourth-order valence-electron chi connectivity index (χ4n) is 1.61. The predicted octanol–water partition coefficient (Wildman–Crippen LogP) is 2.43. The van der Waals surface area contributed by atoms with Gasteiger partial charge in [-0.2, -0.15) is 0 Å². The average Bonchev–Trinajstić information content (AvgIpc) is 2.73. The van der Waals surface area contributed by atoms with Gasteiger partial charge in [0, 0.05) is 13.6 Å². The number of aromatic nitrogens is 2. The topological polar surface area (TPSA) is 98.2 Å². The Balaban J connectivity index is 2.31. The molecule has 0 atom stereocenters. The van der Waals surface area contributed by atoms with Crippen LogP contribution < -0.4 is 10.6 Å². The first-order chi connectivity index (χ1) is 8.99. The monoisotopic (exact) mass is 343 g/mol. The molecule has 19 heavy (non-hydrogen) atoms. The lowest BCUT2D eigenvalue weighted by Crippen LogP contribution is -2.19. The molecule has 0 aliphatic heterocycles. The van der Waals surface area contributed by atoms with Crippen LogP contribution in [0.4, 0.5) is 17.3 Å².